The predicted molar refractivity (Wildman–Crippen MR) is 128 cm³/mol. The number of rotatable bonds is 5. The lowest BCUT2D eigenvalue weighted by molar-refractivity contribution is -0.228. The molecule has 4 aliphatic carbocycles. The van der Waals surface area contributed by atoms with Crippen LogP contribution in [-0.4, -0.2) is 82.7 Å². The second-order valence-corrected chi connectivity index (χ2v) is 13.1. The Balaban J connectivity index is 1.76. The first-order valence-electron chi connectivity index (χ1n) is 13.1. The molecule has 0 aromatic rings. The monoisotopic (exact) mass is 496 g/mol. The SMILES string of the molecule is CC(C)CC[C@@H](O)[C@](C)(O)[C@@H]1CC[C@@]2(O)C3=CC(=O)[C@]4(O)C[C@H](O)[C@H](O)C[C@]4(C)[C@H]3[C@H](O)C[C@@]12C. The summed E-state index contributed by atoms with van der Waals surface area (Å²) in [7, 11) is 0. The lowest BCUT2D eigenvalue weighted by Crippen LogP contribution is -2.71. The number of aliphatic hydroxyl groups excluding tert-OH is 4. The maximum absolute atomic E-state index is 13.3. The molecule has 11 atom stereocenters. The van der Waals surface area contributed by atoms with Crippen LogP contribution in [-0.2, 0) is 4.79 Å². The first-order valence-corrected chi connectivity index (χ1v) is 13.1. The second-order valence-electron chi connectivity index (χ2n) is 13.1. The van der Waals surface area contributed by atoms with Gasteiger partial charge in [-0.3, -0.25) is 4.79 Å². The normalized spacial score (nSPS) is 50.1. The van der Waals surface area contributed by atoms with Crippen molar-refractivity contribution in [2.75, 3.05) is 0 Å². The summed E-state index contributed by atoms with van der Waals surface area (Å²) in [6, 6.07) is 0. The van der Waals surface area contributed by atoms with E-state index in [1.54, 1.807) is 13.8 Å². The van der Waals surface area contributed by atoms with Crippen molar-refractivity contribution in [3.63, 3.8) is 0 Å². The summed E-state index contributed by atoms with van der Waals surface area (Å²) in [5, 5.41) is 78.4. The first-order chi connectivity index (χ1) is 16.0. The molecule has 0 saturated heterocycles. The predicted octanol–water partition coefficient (Wildman–Crippen LogP) is 0.825. The van der Waals surface area contributed by atoms with Gasteiger partial charge in [0.25, 0.3) is 0 Å². The van der Waals surface area contributed by atoms with E-state index in [9.17, 15) is 40.5 Å². The Morgan fingerprint density at radius 2 is 1.54 bits per heavy atom. The van der Waals surface area contributed by atoms with Crippen LogP contribution < -0.4 is 0 Å². The molecule has 0 heterocycles. The second kappa shape index (κ2) is 8.32. The average Bonchev–Trinajstić information content (AvgIpc) is 3.01. The molecule has 8 nitrogen and oxygen atoms in total. The van der Waals surface area contributed by atoms with Crippen molar-refractivity contribution in [3.8, 4) is 0 Å². The Morgan fingerprint density at radius 3 is 2.14 bits per heavy atom. The number of aliphatic hydroxyl groups is 7. The number of carbonyl (C=O) groups is 1. The molecule has 200 valence electrons. The average molecular weight is 497 g/mol. The van der Waals surface area contributed by atoms with E-state index < -0.39 is 69.7 Å². The third-order valence-corrected chi connectivity index (χ3v) is 10.6. The fraction of sp³-hybridized carbons (Fsp3) is 0.889. The Bertz CT molecular complexity index is 900. The Hall–Kier alpha value is -0.870. The fourth-order valence-corrected chi connectivity index (χ4v) is 8.42. The Labute approximate surface area is 207 Å². The van der Waals surface area contributed by atoms with Crippen molar-refractivity contribution in [1.29, 1.82) is 0 Å². The summed E-state index contributed by atoms with van der Waals surface area (Å²) < 4.78 is 0. The minimum atomic E-state index is -1.97. The lowest BCUT2D eigenvalue weighted by Gasteiger charge is -2.64. The van der Waals surface area contributed by atoms with E-state index >= 15 is 0 Å². The van der Waals surface area contributed by atoms with E-state index in [2.05, 4.69) is 0 Å². The fourth-order valence-electron chi connectivity index (χ4n) is 8.42. The molecule has 3 fully saturated rings. The summed E-state index contributed by atoms with van der Waals surface area (Å²) in [5.74, 6) is -1.63. The summed E-state index contributed by atoms with van der Waals surface area (Å²) in [5.41, 5.74) is -7.02. The molecule has 4 aliphatic rings. The molecule has 0 aromatic heterocycles. The molecule has 0 aliphatic heterocycles. The van der Waals surface area contributed by atoms with Crippen molar-refractivity contribution >= 4 is 5.78 Å². The smallest absolute Gasteiger partial charge is 0.187 e. The van der Waals surface area contributed by atoms with Gasteiger partial charge >= 0.3 is 0 Å². The highest BCUT2D eigenvalue weighted by Gasteiger charge is 2.73. The lowest BCUT2D eigenvalue weighted by atomic mass is 9.43. The highest BCUT2D eigenvalue weighted by molar-refractivity contribution is 6.00. The third-order valence-electron chi connectivity index (χ3n) is 10.6. The highest BCUT2D eigenvalue weighted by atomic mass is 16.3. The van der Waals surface area contributed by atoms with Crippen LogP contribution in [0.4, 0.5) is 0 Å². The van der Waals surface area contributed by atoms with Gasteiger partial charge in [-0.25, -0.2) is 0 Å². The van der Waals surface area contributed by atoms with E-state index in [1.807, 2.05) is 20.8 Å². The zero-order chi connectivity index (χ0) is 26.4. The molecule has 3 saturated carbocycles. The number of hydrogen-bond acceptors (Lipinski definition) is 8. The molecule has 0 unspecified atom stereocenters. The van der Waals surface area contributed by atoms with Gasteiger partial charge in [-0.15, -0.1) is 0 Å². The van der Waals surface area contributed by atoms with Crippen LogP contribution in [0, 0.1) is 28.6 Å². The van der Waals surface area contributed by atoms with E-state index in [0.717, 1.165) is 6.42 Å². The van der Waals surface area contributed by atoms with Crippen molar-refractivity contribution in [2.45, 2.75) is 121 Å². The largest absolute Gasteiger partial charge is 0.392 e. The van der Waals surface area contributed by atoms with Gasteiger partial charge in [-0.05, 0) is 68.9 Å². The van der Waals surface area contributed by atoms with Gasteiger partial charge in [-0.1, -0.05) is 27.7 Å². The molecule has 0 aromatic carbocycles. The summed E-state index contributed by atoms with van der Waals surface area (Å²) in [6.07, 6.45) is -1.83. The van der Waals surface area contributed by atoms with Crippen LogP contribution in [0.15, 0.2) is 11.6 Å². The quantitative estimate of drug-likeness (QED) is 0.295. The Kier molecular flexibility index (Phi) is 6.46. The number of hydrogen-bond donors (Lipinski definition) is 7. The summed E-state index contributed by atoms with van der Waals surface area (Å²) >= 11 is 0. The van der Waals surface area contributed by atoms with Crippen LogP contribution in [0.1, 0.15) is 79.6 Å². The molecule has 35 heavy (non-hydrogen) atoms. The standard InChI is InChI=1S/C27H44O8/c1-14(2)6-7-20(31)25(5,33)19-8-9-26(34)15-10-21(32)27(35)13-17(29)16(28)11-24(27,4)22(15)18(30)12-23(19,26)3/h10,14,16-20,22,28-31,33-35H,6-9,11-13H2,1-5H3/t16-,17+,18-,19-,20-,22-,23+,24-,25-,26-,27-/m1/s1. The van der Waals surface area contributed by atoms with Gasteiger partial charge in [0.2, 0.25) is 0 Å². The van der Waals surface area contributed by atoms with Gasteiger partial charge in [0.15, 0.2) is 5.78 Å². The third kappa shape index (κ3) is 3.55. The number of carbonyl (C=O) groups excluding carboxylic acids is 1. The maximum atomic E-state index is 13.3. The van der Waals surface area contributed by atoms with E-state index in [0.29, 0.717) is 24.3 Å². The molecule has 0 amide bonds. The van der Waals surface area contributed by atoms with Gasteiger partial charge in [0.1, 0.15) is 5.60 Å². The number of ketones is 1. The van der Waals surface area contributed by atoms with Gasteiger partial charge < -0.3 is 35.7 Å². The van der Waals surface area contributed by atoms with Crippen molar-refractivity contribution in [3.05, 3.63) is 11.6 Å². The van der Waals surface area contributed by atoms with Crippen molar-refractivity contribution < 1.29 is 40.5 Å². The molecule has 4 rings (SSSR count). The maximum Gasteiger partial charge on any atom is 0.187 e. The van der Waals surface area contributed by atoms with Crippen molar-refractivity contribution in [1.82, 2.24) is 0 Å². The topological polar surface area (TPSA) is 159 Å². The molecule has 7 N–H and O–H groups in total. The zero-order valence-corrected chi connectivity index (χ0v) is 21.6. The molecule has 0 spiro atoms. The molecule has 0 bridgehead atoms. The van der Waals surface area contributed by atoms with Crippen LogP contribution >= 0.6 is 0 Å². The molecular weight excluding hydrogens is 452 g/mol. The van der Waals surface area contributed by atoms with Gasteiger partial charge in [0.05, 0.1) is 35.6 Å². The van der Waals surface area contributed by atoms with Crippen LogP contribution in [0.3, 0.4) is 0 Å². The van der Waals surface area contributed by atoms with E-state index in [-0.39, 0.29) is 25.7 Å². The summed E-state index contributed by atoms with van der Waals surface area (Å²) in [4.78, 5) is 13.3. The van der Waals surface area contributed by atoms with E-state index in [4.69, 9.17) is 0 Å². The number of fused-ring (bicyclic) bond motifs is 5. The van der Waals surface area contributed by atoms with Crippen LogP contribution in [0.25, 0.3) is 0 Å². The summed E-state index contributed by atoms with van der Waals surface area (Å²) in [6.45, 7) is 9.14. The molecular formula is C27H44O8. The Morgan fingerprint density at radius 1 is 0.971 bits per heavy atom. The van der Waals surface area contributed by atoms with Crippen LogP contribution in [0.2, 0.25) is 0 Å². The van der Waals surface area contributed by atoms with Gasteiger partial charge in [-0.2, -0.15) is 0 Å². The zero-order valence-electron chi connectivity index (χ0n) is 21.6. The highest BCUT2D eigenvalue weighted by Crippen LogP contribution is 2.69. The minimum absolute atomic E-state index is 0.0989. The van der Waals surface area contributed by atoms with E-state index in [1.165, 1.54) is 6.08 Å². The minimum Gasteiger partial charge on any atom is -0.392 e. The first kappa shape index (κ1) is 27.2. The van der Waals surface area contributed by atoms with Crippen LogP contribution in [0.5, 0.6) is 0 Å². The van der Waals surface area contributed by atoms with Crippen molar-refractivity contribution in [2.24, 2.45) is 28.6 Å². The molecule has 8 heteroatoms. The van der Waals surface area contributed by atoms with Gasteiger partial charge in [0, 0.05) is 23.2 Å². The molecule has 0 radical (unpaired) electrons.